The molecule has 0 saturated carbocycles. The van der Waals surface area contributed by atoms with Gasteiger partial charge in [-0.15, -0.1) is 0 Å². The van der Waals surface area contributed by atoms with Crippen LogP contribution in [0.2, 0.25) is 0 Å². The molecule has 0 unspecified atom stereocenters. The van der Waals surface area contributed by atoms with E-state index in [1.54, 1.807) is 0 Å². The maximum Gasteiger partial charge on any atom is 0.340 e. The predicted octanol–water partition coefficient (Wildman–Crippen LogP) is 7.13. The van der Waals surface area contributed by atoms with Crippen LogP contribution >= 0.6 is 0 Å². The van der Waals surface area contributed by atoms with Crippen LogP contribution in [0.25, 0.3) is 32.6 Å². The number of benzene rings is 3. The standard InChI is InChI=1S/C27H31NO2/c1-6-8-15-30-26(29)22-17-18-16-19(27(3,4)7-2)13-14-20(18)24-21-11-9-10-12-23(21)28(5)25(22)24/h9-14,16-17H,6-8,15H2,1-5H3. The Balaban J connectivity index is 2.05. The lowest BCUT2D eigenvalue weighted by atomic mass is 9.81. The number of aryl methyl sites for hydroxylation is 1. The number of carbonyl (C=O) groups excluding carboxylic acids is 1. The van der Waals surface area contributed by atoms with Crippen molar-refractivity contribution in [2.24, 2.45) is 7.05 Å². The number of nitrogens with zero attached hydrogens (tertiary/aromatic N) is 1. The third-order valence-corrected chi connectivity index (χ3v) is 6.60. The second-order valence-corrected chi connectivity index (χ2v) is 8.89. The molecular weight excluding hydrogens is 370 g/mol. The Hall–Kier alpha value is -2.81. The molecule has 0 aliphatic carbocycles. The zero-order chi connectivity index (χ0) is 21.5. The van der Waals surface area contributed by atoms with Crippen molar-refractivity contribution in [2.75, 3.05) is 6.61 Å². The second-order valence-electron chi connectivity index (χ2n) is 8.89. The van der Waals surface area contributed by atoms with E-state index < -0.39 is 0 Å². The Morgan fingerprint density at radius 3 is 2.53 bits per heavy atom. The Labute approximate surface area is 178 Å². The van der Waals surface area contributed by atoms with Crippen LogP contribution in [-0.2, 0) is 17.2 Å². The van der Waals surface area contributed by atoms with E-state index in [-0.39, 0.29) is 11.4 Å². The van der Waals surface area contributed by atoms with E-state index in [1.165, 1.54) is 16.3 Å². The van der Waals surface area contributed by atoms with Gasteiger partial charge in [0.15, 0.2) is 0 Å². The van der Waals surface area contributed by atoms with Gasteiger partial charge in [0, 0.05) is 23.3 Å². The zero-order valence-corrected chi connectivity index (χ0v) is 18.7. The van der Waals surface area contributed by atoms with E-state index in [0.29, 0.717) is 12.2 Å². The smallest absolute Gasteiger partial charge is 0.340 e. The summed E-state index contributed by atoms with van der Waals surface area (Å²) >= 11 is 0. The number of ether oxygens (including phenoxy) is 1. The highest BCUT2D eigenvalue weighted by atomic mass is 16.5. The molecule has 1 heterocycles. The number of hydrogen-bond donors (Lipinski definition) is 0. The van der Waals surface area contributed by atoms with Crippen LogP contribution < -0.4 is 0 Å². The van der Waals surface area contributed by atoms with Crippen LogP contribution in [0.1, 0.15) is 62.9 Å². The number of aromatic nitrogens is 1. The fraction of sp³-hybridized carbons (Fsp3) is 0.370. The molecule has 30 heavy (non-hydrogen) atoms. The highest BCUT2D eigenvalue weighted by molar-refractivity contribution is 6.25. The molecule has 156 valence electrons. The van der Waals surface area contributed by atoms with Crippen molar-refractivity contribution >= 4 is 38.5 Å². The maximum atomic E-state index is 13.1. The van der Waals surface area contributed by atoms with Gasteiger partial charge in [-0.2, -0.15) is 0 Å². The Bertz CT molecular complexity index is 1250. The molecule has 0 atom stereocenters. The Morgan fingerprint density at radius 2 is 1.80 bits per heavy atom. The minimum Gasteiger partial charge on any atom is -0.462 e. The number of para-hydroxylation sites is 1. The van der Waals surface area contributed by atoms with Crippen LogP contribution in [-0.4, -0.2) is 17.1 Å². The van der Waals surface area contributed by atoms with Gasteiger partial charge >= 0.3 is 5.97 Å². The molecule has 0 N–H and O–H groups in total. The molecule has 0 aliphatic rings. The normalized spacial score (nSPS) is 12.2. The fourth-order valence-corrected chi connectivity index (χ4v) is 4.28. The van der Waals surface area contributed by atoms with Crippen LogP contribution in [0, 0.1) is 0 Å². The topological polar surface area (TPSA) is 31.2 Å². The number of esters is 1. The molecule has 0 aliphatic heterocycles. The van der Waals surface area contributed by atoms with Gasteiger partial charge in [-0.1, -0.05) is 70.5 Å². The summed E-state index contributed by atoms with van der Waals surface area (Å²) in [7, 11) is 2.04. The van der Waals surface area contributed by atoms with Gasteiger partial charge in [0.2, 0.25) is 0 Å². The number of fused-ring (bicyclic) bond motifs is 5. The molecule has 3 heteroatoms. The van der Waals surface area contributed by atoms with E-state index in [1.807, 2.05) is 19.2 Å². The maximum absolute atomic E-state index is 13.1. The van der Waals surface area contributed by atoms with Crippen LogP contribution in [0.5, 0.6) is 0 Å². The average molecular weight is 402 g/mol. The summed E-state index contributed by atoms with van der Waals surface area (Å²) in [6.07, 6.45) is 2.94. The summed E-state index contributed by atoms with van der Waals surface area (Å²) in [6.45, 7) is 9.31. The predicted molar refractivity (Wildman–Crippen MR) is 126 cm³/mol. The highest BCUT2D eigenvalue weighted by Crippen LogP contribution is 2.38. The van der Waals surface area contributed by atoms with Crippen molar-refractivity contribution in [1.29, 1.82) is 0 Å². The first kappa shape index (κ1) is 20.5. The van der Waals surface area contributed by atoms with Crippen molar-refractivity contribution in [2.45, 2.75) is 52.4 Å². The number of hydrogen-bond acceptors (Lipinski definition) is 2. The number of carbonyl (C=O) groups is 1. The van der Waals surface area contributed by atoms with E-state index in [9.17, 15) is 4.79 Å². The van der Waals surface area contributed by atoms with Crippen LogP contribution in [0.4, 0.5) is 0 Å². The van der Waals surface area contributed by atoms with Crippen molar-refractivity contribution < 1.29 is 9.53 Å². The number of rotatable bonds is 6. The third-order valence-electron chi connectivity index (χ3n) is 6.60. The van der Waals surface area contributed by atoms with Crippen LogP contribution in [0.3, 0.4) is 0 Å². The minimum absolute atomic E-state index is 0.0870. The van der Waals surface area contributed by atoms with Gasteiger partial charge in [-0.3, -0.25) is 0 Å². The largest absolute Gasteiger partial charge is 0.462 e. The van der Waals surface area contributed by atoms with Gasteiger partial charge in [-0.25, -0.2) is 4.79 Å². The first-order valence-corrected chi connectivity index (χ1v) is 11.0. The van der Waals surface area contributed by atoms with E-state index in [2.05, 4.69) is 68.7 Å². The molecule has 0 saturated heterocycles. The lowest BCUT2D eigenvalue weighted by molar-refractivity contribution is 0.0502. The molecular formula is C27H31NO2. The monoisotopic (exact) mass is 401 g/mol. The molecule has 3 nitrogen and oxygen atoms in total. The fourth-order valence-electron chi connectivity index (χ4n) is 4.28. The lowest BCUT2D eigenvalue weighted by Gasteiger charge is -2.24. The molecule has 0 bridgehead atoms. The molecule has 3 aromatic carbocycles. The second kappa shape index (κ2) is 7.79. The first-order valence-electron chi connectivity index (χ1n) is 11.0. The van der Waals surface area contributed by atoms with E-state index >= 15 is 0 Å². The molecule has 4 rings (SSSR count). The van der Waals surface area contributed by atoms with Gasteiger partial charge in [-0.05, 0) is 46.7 Å². The number of unbranched alkanes of at least 4 members (excludes halogenated alkanes) is 1. The van der Waals surface area contributed by atoms with Crippen molar-refractivity contribution in [3.05, 3.63) is 59.7 Å². The third kappa shape index (κ3) is 3.27. The van der Waals surface area contributed by atoms with E-state index in [0.717, 1.165) is 41.1 Å². The van der Waals surface area contributed by atoms with Gasteiger partial charge in [0.1, 0.15) is 0 Å². The highest BCUT2D eigenvalue weighted by Gasteiger charge is 2.23. The molecule has 0 fully saturated rings. The van der Waals surface area contributed by atoms with Crippen LogP contribution in [0.15, 0.2) is 48.5 Å². The average Bonchev–Trinajstić information content (AvgIpc) is 3.06. The van der Waals surface area contributed by atoms with Gasteiger partial charge in [0.25, 0.3) is 0 Å². The van der Waals surface area contributed by atoms with Crippen molar-refractivity contribution in [3.8, 4) is 0 Å². The Morgan fingerprint density at radius 1 is 1.03 bits per heavy atom. The van der Waals surface area contributed by atoms with Crippen molar-refractivity contribution in [1.82, 2.24) is 4.57 Å². The van der Waals surface area contributed by atoms with Gasteiger partial charge < -0.3 is 9.30 Å². The summed E-state index contributed by atoms with van der Waals surface area (Å²) in [5, 5.41) is 4.59. The summed E-state index contributed by atoms with van der Waals surface area (Å²) < 4.78 is 7.77. The SMILES string of the molecule is CCCCOC(=O)c1cc2cc(C(C)(C)CC)ccc2c2c3ccccc3n(C)c12. The summed E-state index contributed by atoms with van der Waals surface area (Å²) in [6, 6.07) is 17.1. The molecule has 0 amide bonds. The summed E-state index contributed by atoms with van der Waals surface area (Å²) in [5.41, 5.74) is 4.11. The molecule has 0 radical (unpaired) electrons. The first-order chi connectivity index (χ1) is 14.4. The molecule has 0 spiro atoms. The quantitative estimate of drug-likeness (QED) is 0.254. The lowest BCUT2D eigenvalue weighted by Crippen LogP contribution is -2.15. The van der Waals surface area contributed by atoms with E-state index in [4.69, 9.17) is 4.74 Å². The zero-order valence-electron chi connectivity index (χ0n) is 18.7. The summed E-state index contributed by atoms with van der Waals surface area (Å²) in [5.74, 6) is -0.235. The summed E-state index contributed by atoms with van der Waals surface area (Å²) in [4.78, 5) is 13.1. The molecule has 4 aromatic rings. The minimum atomic E-state index is -0.235. The molecule has 1 aromatic heterocycles. The Kier molecular flexibility index (Phi) is 5.31. The van der Waals surface area contributed by atoms with Gasteiger partial charge in [0.05, 0.1) is 17.7 Å². The van der Waals surface area contributed by atoms with Crippen molar-refractivity contribution in [3.63, 3.8) is 0 Å².